The van der Waals surface area contributed by atoms with Crippen molar-refractivity contribution in [1.82, 2.24) is 15.0 Å². The molecule has 0 aliphatic carbocycles. The number of hydrogen-bond donors (Lipinski definition) is 2. The molecule has 0 aromatic carbocycles. The zero-order valence-electron chi connectivity index (χ0n) is 10.1. The van der Waals surface area contributed by atoms with Crippen molar-refractivity contribution in [3.05, 3.63) is 5.28 Å². The fourth-order valence-electron chi connectivity index (χ4n) is 2.05. The van der Waals surface area contributed by atoms with Crippen LogP contribution in [-0.4, -0.2) is 40.5 Å². The van der Waals surface area contributed by atoms with Crippen LogP contribution in [0.5, 0.6) is 0 Å². The maximum atomic E-state index is 11.4. The van der Waals surface area contributed by atoms with Crippen molar-refractivity contribution < 1.29 is 4.79 Å². The number of primary amides is 1. The molecule has 7 nitrogen and oxygen atoms in total. The molecular formula is C10H15ClN6O. The van der Waals surface area contributed by atoms with Gasteiger partial charge in [0.25, 0.3) is 0 Å². The van der Waals surface area contributed by atoms with Gasteiger partial charge in [0, 0.05) is 13.6 Å². The van der Waals surface area contributed by atoms with Gasteiger partial charge < -0.3 is 16.0 Å². The highest BCUT2D eigenvalue weighted by atomic mass is 35.5. The summed E-state index contributed by atoms with van der Waals surface area (Å²) in [6.07, 6.45) is 2.66. The molecule has 1 atom stereocenters. The van der Waals surface area contributed by atoms with Crippen molar-refractivity contribution in [2.24, 2.45) is 5.73 Å². The zero-order chi connectivity index (χ0) is 13.1. The number of carbonyl (C=O) groups is 1. The predicted octanol–water partition coefficient (Wildman–Crippen LogP) is 0.411. The van der Waals surface area contributed by atoms with Gasteiger partial charge in [-0.3, -0.25) is 4.79 Å². The van der Waals surface area contributed by atoms with E-state index < -0.39 is 0 Å². The molecule has 2 heterocycles. The van der Waals surface area contributed by atoms with Crippen molar-refractivity contribution in [3.63, 3.8) is 0 Å². The van der Waals surface area contributed by atoms with Gasteiger partial charge in [0.2, 0.25) is 23.1 Å². The second kappa shape index (κ2) is 5.34. The number of halogens is 1. The van der Waals surface area contributed by atoms with Gasteiger partial charge in [-0.2, -0.15) is 15.0 Å². The van der Waals surface area contributed by atoms with Crippen LogP contribution in [0.25, 0.3) is 0 Å². The molecule has 98 valence electrons. The number of amides is 1. The Morgan fingerprint density at radius 1 is 1.44 bits per heavy atom. The first-order valence-corrected chi connectivity index (χ1v) is 6.15. The van der Waals surface area contributed by atoms with E-state index >= 15 is 0 Å². The molecule has 1 amide bonds. The third-order valence-corrected chi connectivity index (χ3v) is 3.08. The summed E-state index contributed by atoms with van der Waals surface area (Å²) in [5, 5.41) is 2.90. The van der Waals surface area contributed by atoms with E-state index in [0.29, 0.717) is 24.9 Å². The lowest BCUT2D eigenvalue weighted by molar-refractivity contribution is -0.119. The molecule has 0 bridgehead atoms. The van der Waals surface area contributed by atoms with Gasteiger partial charge in [0.1, 0.15) is 6.04 Å². The fraction of sp³-hybridized carbons (Fsp3) is 0.600. The van der Waals surface area contributed by atoms with E-state index in [1.165, 1.54) is 0 Å². The fourth-order valence-corrected chi connectivity index (χ4v) is 2.20. The van der Waals surface area contributed by atoms with Gasteiger partial charge in [0.15, 0.2) is 0 Å². The first-order valence-electron chi connectivity index (χ1n) is 5.77. The van der Waals surface area contributed by atoms with Crippen molar-refractivity contribution in [2.45, 2.75) is 25.3 Å². The van der Waals surface area contributed by atoms with Crippen molar-refractivity contribution in [3.8, 4) is 0 Å². The Morgan fingerprint density at radius 2 is 2.22 bits per heavy atom. The average molecular weight is 271 g/mol. The van der Waals surface area contributed by atoms with Crippen LogP contribution >= 0.6 is 11.6 Å². The average Bonchev–Trinajstić information content (AvgIpc) is 2.38. The minimum absolute atomic E-state index is 0.0955. The maximum absolute atomic E-state index is 11.4. The number of anilines is 2. The molecule has 0 saturated carbocycles. The van der Waals surface area contributed by atoms with Crippen LogP contribution in [0.2, 0.25) is 5.28 Å². The lowest BCUT2D eigenvalue weighted by Gasteiger charge is -2.33. The monoisotopic (exact) mass is 270 g/mol. The van der Waals surface area contributed by atoms with Crippen molar-refractivity contribution in [1.29, 1.82) is 0 Å². The van der Waals surface area contributed by atoms with E-state index in [2.05, 4.69) is 20.3 Å². The number of nitrogens with zero attached hydrogens (tertiary/aromatic N) is 4. The summed E-state index contributed by atoms with van der Waals surface area (Å²) < 4.78 is 0. The van der Waals surface area contributed by atoms with E-state index in [1.54, 1.807) is 11.9 Å². The molecule has 2 rings (SSSR count). The van der Waals surface area contributed by atoms with E-state index in [4.69, 9.17) is 17.3 Å². The molecule has 1 unspecified atom stereocenters. The summed E-state index contributed by atoms with van der Waals surface area (Å²) in [5.74, 6) is 0.402. The minimum Gasteiger partial charge on any atom is -0.368 e. The normalized spacial score (nSPS) is 19.7. The van der Waals surface area contributed by atoms with E-state index in [-0.39, 0.29) is 17.2 Å². The third kappa shape index (κ3) is 2.61. The number of carbonyl (C=O) groups excluding carboxylic acids is 1. The summed E-state index contributed by atoms with van der Waals surface area (Å²) >= 11 is 5.83. The molecule has 0 radical (unpaired) electrons. The molecule has 1 saturated heterocycles. The standard InChI is InChI=1S/C10H15ClN6O/c1-13-9-14-8(11)15-10(16-9)17-5-3-2-4-6(17)7(12)18/h6H,2-5H2,1H3,(H2,12,18)(H,13,14,15,16). The zero-order valence-corrected chi connectivity index (χ0v) is 10.8. The Labute approximate surface area is 110 Å². The Morgan fingerprint density at radius 3 is 2.89 bits per heavy atom. The van der Waals surface area contributed by atoms with Gasteiger partial charge in [-0.05, 0) is 30.9 Å². The van der Waals surface area contributed by atoms with Crippen molar-refractivity contribution >= 4 is 29.4 Å². The molecule has 1 aromatic heterocycles. The summed E-state index contributed by atoms with van der Waals surface area (Å²) in [6.45, 7) is 0.692. The van der Waals surface area contributed by atoms with Crippen LogP contribution < -0.4 is 16.0 Å². The molecule has 0 spiro atoms. The Kier molecular flexibility index (Phi) is 3.81. The number of nitrogens with one attached hydrogen (secondary N) is 1. The minimum atomic E-state index is -0.373. The Balaban J connectivity index is 2.33. The van der Waals surface area contributed by atoms with Crippen LogP contribution in [0.3, 0.4) is 0 Å². The van der Waals surface area contributed by atoms with Gasteiger partial charge >= 0.3 is 0 Å². The van der Waals surface area contributed by atoms with Gasteiger partial charge in [-0.1, -0.05) is 0 Å². The highest BCUT2D eigenvalue weighted by molar-refractivity contribution is 6.28. The second-order valence-corrected chi connectivity index (χ2v) is 4.42. The van der Waals surface area contributed by atoms with Crippen molar-refractivity contribution in [2.75, 3.05) is 23.8 Å². The molecule has 8 heteroatoms. The van der Waals surface area contributed by atoms with Crippen LogP contribution in [0.15, 0.2) is 0 Å². The van der Waals surface area contributed by atoms with Crippen LogP contribution in [0.4, 0.5) is 11.9 Å². The second-order valence-electron chi connectivity index (χ2n) is 4.09. The highest BCUT2D eigenvalue weighted by Gasteiger charge is 2.29. The molecule has 1 aromatic rings. The quantitative estimate of drug-likeness (QED) is 0.826. The molecule has 1 aliphatic rings. The number of aromatic nitrogens is 3. The predicted molar refractivity (Wildman–Crippen MR) is 68.6 cm³/mol. The molecule has 18 heavy (non-hydrogen) atoms. The summed E-state index contributed by atoms with van der Waals surface area (Å²) in [5.41, 5.74) is 5.40. The van der Waals surface area contributed by atoms with Gasteiger partial charge in [0.05, 0.1) is 0 Å². The van der Waals surface area contributed by atoms with E-state index in [0.717, 1.165) is 12.8 Å². The van der Waals surface area contributed by atoms with E-state index in [9.17, 15) is 4.79 Å². The smallest absolute Gasteiger partial charge is 0.240 e. The molecule has 1 aliphatic heterocycles. The van der Waals surface area contributed by atoms with Gasteiger partial charge in [-0.15, -0.1) is 0 Å². The number of rotatable bonds is 3. The maximum Gasteiger partial charge on any atom is 0.240 e. The number of piperidine rings is 1. The molecule has 3 N–H and O–H groups in total. The Bertz CT molecular complexity index is 454. The summed E-state index contributed by atoms with van der Waals surface area (Å²) in [6, 6.07) is -0.373. The van der Waals surface area contributed by atoms with Gasteiger partial charge in [-0.25, -0.2) is 0 Å². The van der Waals surface area contributed by atoms with Crippen LogP contribution in [0, 0.1) is 0 Å². The highest BCUT2D eigenvalue weighted by Crippen LogP contribution is 2.23. The number of nitrogens with two attached hydrogens (primary N) is 1. The lowest BCUT2D eigenvalue weighted by atomic mass is 10.0. The first-order chi connectivity index (χ1) is 8.61. The summed E-state index contributed by atoms with van der Waals surface area (Å²) in [7, 11) is 1.69. The lowest BCUT2D eigenvalue weighted by Crippen LogP contribution is -2.48. The van der Waals surface area contributed by atoms with Crippen LogP contribution in [-0.2, 0) is 4.79 Å². The topological polar surface area (TPSA) is 97.0 Å². The molecule has 1 fully saturated rings. The third-order valence-electron chi connectivity index (χ3n) is 2.91. The number of hydrogen-bond acceptors (Lipinski definition) is 6. The largest absolute Gasteiger partial charge is 0.368 e. The summed E-state index contributed by atoms with van der Waals surface area (Å²) in [4.78, 5) is 25.4. The van der Waals surface area contributed by atoms with Crippen LogP contribution in [0.1, 0.15) is 19.3 Å². The Hall–Kier alpha value is -1.63. The molecular weight excluding hydrogens is 256 g/mol. The SMILES string of the molecule is CNc1nc(Cl)nc(N2CCCCC2C(N)=O)n1. The van der Waals surface area contributed by atoms with E-state index in [1.807, 2.05) is 0 Å². The first kappa shape index (κ1) is 12.8.